The molecule has 2 N–H and O–H groups in total. The average molecular weight is 232 g/mol. The maximum atomic E-state index is 6.10. The molecule has 94 valence electrons. The molecule has 1 aliphatic carbocycles. The van der Waals surface area contributed by atoms with Gasteiger partial charge in [0.15, 0.2) is 0 Å². The van der Waals surface area contributed by atoms with E-state index in [1.807, 2.05) is 12.1 Å². The monoisotopic (exact) mass is 232 g/mol. The van der Waals surface area contributed by atoms with Crippen LogP contribution in [0.3, 0.4) is 0 Å². The topological polar surface area (TPSA) is 29.3 Å². The second-order valence-electron chi connectivity index (χ2n) is 4.99. The van der Waals surface area contributed by atoms with Crippen molar-refractivity contribution < 1.29 is 0 Å². The summed E-state index contributed by atoms with van der Waals surface area (Å²) < 4.78 is 0. The Morgan fingerprint density at radius 2 is 1.76 bits per heavy atom. The van der Waals surface area contributed by atoms with Gasteiger partial charge in [-0.05, 0) is 31.9 Å². The highest BCUT2D eigenvalue weighted by Crippen LogP contribution is 2.29. The third-order valence-corrected chi connectivity index (χ3v) is 3.85. The number of benzene rings is 1. The van der Waals surface area contributed by atoms with Crippen LogP contribution in [0, 0.1) is 0 Å². The fraction of sp³-hybridized carbons (Fsp3) is 0.600. The zero-order valence-electron chi connectivity index (χ0n) is 10.9. The van der Waals surface area contributed by atoms with Gasteiger partial charge in [0.05, 0.1) is 11.4 Å². The van der Waals surface area contributed by atoms with Gasteiger partial charge < -0.3 is 10.6 Å². The molecule has 17 heavy (non-hydrogen) atoms. The number of rotatable bonds is 3. The Morgan fingerprint density at radius 1 is 1.12 bits per heavy atom. The predicted molar refractivity (Wildman–Crippen MR) is 75.4 cm³/mol. The van der Waals surface area contributed by atoms with Gasteiger partial charge in [-0.1, -0.05) is 37.8 Å². The molecule has 1 fully saturated rings. The molecule has 2 heteroatoms. The molecule has 2 nitrogen and oxygen atoms in total. The number of nitrogens with two attached hydrogens (primary N) is 1. The first-order valence-corrected chi connectivity index (χ1v) is 6.94. The third-order valence-electron chi connectivity index (χ3n) is 3.85. The summed E-state index contributed by atoms with van der Waals surface area (Å²) in [5.41, 5.74) is 8.24. The van der Waals surface area contributed by atoms with Gasteiger partial charge in [-0.3, -0.25) is 0 Å². The Morgan fingerprint density at radius 3 is 2.35 bits per heavy atom. The van der Waals surface area contributed by atoms with E-state index in [1.54, 1.807) is 0 Å². The molecule has 1 aromatic carbocycles. The Kier molecular flexibility index (Phi) is 4.29. The minimum Gasteiger partial charge on any atom is -0.397 e. The summed E-state index contributed by atoms with van der Waals surface area (Å²) in [5, 5.41) is 0. The van der Waals surface area contributed by atoms with Gasteiger partial charge in [0.2, 0.25) is 0 Å². The van der Waals surface area contributed by atoms with Crippen molar-refractivity contribution in [3.63, 3.8) is 0 Å². The smallest absolute Gasteiger partial charge is 0.0602 e. The highest BCUT2D eigenvalue weighted by molar-refractivity contribution is 5.67. The van der Waals surface area contributed by atoms with Gasteiger partial charge in [0, 0.05) is 12.6 Å². The fourth-order valence-corrected chi connectivity index (χ4v) is 2.94. The van der Waals surface area contributed by atoms with E-state index in [4.69, 9.17) is 5.73 Å². The predicted octanol–water partition coefficient (Wildman–Crippen LogP) is 3.82. The van der Waals surface area contributed by atoms with Crippen LogP contribution in [0.25, 0.3) is 0 Å². The second-order valence-corrected chi connectivity index (χ2v) is 4.99. The van der Waals surface area contributed by atoms with Crippen LogP contribution in [0.15, 0.2) is 24.3 Å². The minimum atomic E-state index is 0.687. The summed E-state index contributed by atoms with van der Waals surface area (Å²) >= 11 is 0. The SMILES string of the molecule is CCN(c1ccccc1N)C1CCCCCC1. The Balaban J connectivity index is 2.17. The van der Waals surface area contributed by atoms with Crippen molar-refractivity contribution in [1.82, 2.24) is 0 Å². The van der Waals surface area contributed by atoms with Crippen molar-refractivity contribution in [3.8, 4) is 0 Å². The minimum absolute atomic E-state index is 0.687. The number of hydrogen-bond donors (Lipinski definition) is 1. The Bertz CT molecular complexity index is 341. The van der Waals surface area contributed by atoms with Crippen molar-refractivity contribution in [3.05, 3.63) is 24.3 Å². The normalized spacial score (nSPS) is 17.7. The van der Waals surface area contributed by atoms with Crippen molar-refractivity contribution in [1.29, 1.82) is 0 Å². The maximum Gasteiger partial charge on any atom is 0.0602 e. The first kappa shape index (κ1) is 12.3. The molecule has 1 aliphatic rings. The van der Waals surface area contributed by atoms with Gasteiger partial charge in [-0.25, -0.2) is 0 Å². The summed E-state index contributed by atoms with van der Waals surface area (Å²) in [5.74, 6) is 0. The molecule has 2 rings (SSSR count). The molecular weight excluding hydrogens is 208 g/mol. The van der Waals surface area contributed by atoms with Crippen LogP contribution >= 0.6 is 0 Å². The van der Waals surface area contributed by atoms with E-state index in [0.29, 0.717) is 6.04 Å². The number of para-hydroxylation sites is 2. The van der Waals surface area contributed by atoms with Gasteiger partial charge in [-0.2, -0.15) is 0 Å². The van der Waals surface area contributed by atoms with Crippen molar-refractivity contribution in [2.75, 3.05) is 17.2 Å². The first-order valence-electron chi connectivity index (χ1n) is 6.94. The largest absolute Gasteiger partial charge is 0.397 e. The Hall–Kier alpha value is -1.18. The third kappa shape index (κ3) is 2.93. The molecule has 0 bridgehead atoms. The maximum absolute atomic E-state index is 6.10. The lowest BCUT2D eigenvalue weighted by atomic mass is 10.1. The van der Waals surface area contributed by atoms with E-state index in [1.165, 1.54) is 44.2 Å². The summed E-state index contributed by atoms with van der Waals surface area (Å²) in [6.07, 6.45) is 8.18. The number of nitrogens with zero attached hydrogens (tertiary/aromatic N) is 1. The van der Waals surface area contributed by atoms with Gasteiger partial charge >= 0.3 is 0 Å². The molecule has 1 aromatic rings. The highest BCUT2D eigenvalue weighted by Gasteiger charge is 2.20. The average Bonchev–Trinajstić information content (AvgIpc) is 2.62. The van der Waals surface area contributed by atoms with Crippen LogP contribution < -0.4 is 10.6 Å². The number of anilines is 2. The van der Waals surface area contributed by atoms with Crippen molar-refractivity contribution >= 4 is 11.4 Å². The zero-order valence-corrected chi connectivity index (χ0v) is 10.9. The van der Waals surface area contributed by atoms with Gasteiger partial charge in [0.1, 0.15) is 0 Å². The molecule has 0 aliphatic heterocycles. The molecule has 0 spiro atoms. The summed E-state index contributed by atoms with van der Waals surface area (Å²) in [4.78, 5) is 2.50. The molecule has 0 unspecified atom stereocenters. The zero-order chi connectivity index (χ0) is 12.1. The number of hydrogen-bond acceptors (Lipinski definition) is 2. The van der Waals surface area contributed by atoms with E-state index in [9.17, 15) is 0 Å². The standard InChI is InChI=1S/C15H24N2/c1-2-17(13-9-5-3-4-6-10-13)15-12-8-7-11-14(15)16/h7-8,11-13H,2-6,9-10,16H2,1H3. The lowest BCUT2D eigenvalue weighted by Crippen LogP contribution is -2.35. The van der Waals surface area contributed by atoms with Crippen LogP contribution in [0.1, 0.15) is 45.4 Å². The van der Waals surface area contributed by atoms with Crippen molar-refractivity contribution in [2.45, 2.75) is 51.5 Å². The van der Waals surface area contributed by atoms with Crippen LogP contribution in [-0.2, 0) is 0 Å². The molecule has 0 radical (unpaired) electrons. The van der Waals surface area contributed by atoms with E-state index in [2.05, 4.69) is 24.0 Å². The summed E-state index contributed by atoms with van der Waals surface area (Å²) in [6.45, 7) is 3.29. The quantitative estimate of drug-likeness (QED) is 0.634. The Labute approximate surface area is 105 Å². The van der Waals surface area contributed by atoms with Gasteiger partial charge in [0.25, 0.3) is 0 Å². The molecule has 1 saturated carbocycles. The van der Waals surface area contributed by atoms with E-state index < -0.39 is 0 Å². The first-order chi connectivity index (χ1) is 8.33. The summed E-state index contributed by atoms with van der Waals surface area (Å²) in [7, 11) is 0. The molecular formula is C15H24N2. The van der Waals surface area contributed by atoms with Crippen LogP contribution in [0.2, 0.25) is 0 Å². The molecule has 0 aromatic heterocycles. The van der Waals surface area contributed by atoms with E-state index in [0.717, 1.165) is 12.2 Å². The second kappa shape index (κ2) is 5.95. The highest BCUT2D eigenvalue weighted by atomic mass is 15.2. The fourth-order valence-electron chi connectivity index (χ4n) is 2.94. The molecule has 0 saturated heterocycles. The van der Waals surface area contributed by atoms with E-state index >= 15 is 0 Å². The lowest BCUT2D eigenvalue weighted by molar-refractivity contribution is 0.533. The van der Waals surface area contributed by atoms with Crippen LogP contribution in [0.5, 0.6) is 0 Å². The summed E-state index contributed by atoms with van der Waals surface area (Å²) in [6, 6.07) is 8.95. The molecule has 0 heterocycles. The van der Waals surface area contributed by atoms with E-state index in [-0.39, 0.29) is 0 Å². The van der Waals surface area contributed by atoms with Crippen LogP contribution in [-0.4, -0.2) is 12.6 Å². The lowest BCUT2D eigenvalue weighted by Gasteiger charge is -2.33. The van der Waals surface area contributed by atoms with Crippen molar-refractivity contribution in [2.24, 2.45) is 0 Å². The van der Waals surface area contributed by atoms with Crippen LogP contribution in [0.4, 0.5) is 11.4 Å². The molecule has 0 atom stereocenters. The van der Waals surface area contributed by atoms with Gasteiger partial charge in [-0.15, -0.1) is 0 Å². The molecule has 0 amide bonds. The number of nitrogen functional groups attached to an aromatic ring is 1.